The topological polar surface area (TPSA) is 27.3 Å². The molecular weight excluding hydrogens is 370 g/mol. The summed E-state index contributed by atoms with van der Waals surface area (Å²) in [6.07, 6.45) is 5.40. The summed E-state index contributed by atoms with van der Waals surface area (Å²) in [5.74, 6) is 0. The molecule has 142 valence electrons. The fourth-order valence-corrected chi connectivity index (χ4v) is 5.14. The number of thiocarbonyl (C=S) groups is 1. The van der Waals surface area contributed by atoms with Crippen molar-refractivity contribution in [3.63, 3.8) is 0 Å². The molecule has 2 aliphatic heterocycles. The second-order valence-electron chi connectivity index (χ2n) is 7.52. The number of rotatable bonds is 4. The molecule has 0 saturated carbocycles. The molecule has 2 aromatic rings. The van der Waals surface area contributed by atoms with Gasteiger partial charge in [0.25, 0.3) is 0 Å². The Kier molecular flexibility index (Phi) is 6.01. The fourth-order valence-electron chi connectivity index (χ4n) is 3.84. The molecule has 4 rings (SSSR count). The fraction of sp³-hybridized carbons (Fsp3) is 0.409. The molecule has 0 amide bonds. The molecule has 2 aromatic carbocycles. The van der Waals surface area contributed by atoms with Crippen LogP contribution in [0.2, 0.25) is 0 Å². The van der Waals surface area contributed by atoms with Crippen LogP contribution in [0.15, 0.2) is 52.3 Å². The predicted molar refractivity (Wildman–Crippen MR) is 119 cm³/mol. The maximum absolute atomic E-state index is 5.71. The summed E-state index contributed by atoms with van der Waals surface area (Å²) in [6.45, 7) is 5.74. The van der Waals surface area contributed by atoms with Crippen molar-refractivity contribution < 1.29 is 0 Å². The van der Waals surface area contributed by atoms with E-state index in [2.05, 4.69) is 64.9 Å². The van der Waals surface area contributed by atoms with Gasteiger partial charge in [-0.1, -0.05) is 55.0 Å². The Balaban J connectivity index is 1.39. The summed E-state index contributed by atoms with van der Waals surface area (Å²) < 4.78 is 0. The summed E-state index contributed by atoms with van der Waals surface area (Å²) in [5.41, 5.74) is 3.39. The molecule has 0 aliphatic carbocycles. The van der Waals surface area contributed by atoms with Crippen LogP contribution in [0.5, 0.6) is 0 Å². The summed E-state index contributed by atoms with van der Waals surface area (Å²) >= 11 is 7.52. The first-order valence-corrected chi connectivity index (χ1v) is 11.1. The first kappa shape index (κ1) is 18.8. The molecule has 27 heavy (non-hydrogen) atoms. The number of nitrogens with zero attached hydrogens (tertiary/aromatic N) is 1. The molecule has 0 spiro atoms. The van der Waals surface area contributed by atoms with Gasteiger partial charge in [-0.25, -0.2) is 0 Å². The second-order valence-corrected chi connectivity index (χ2v) is 9.02. The van der Waals surface area contributed by atoms with Crippen LogP contribution in [0.4, 0.5) is 11.4 Å². The van der Waals surface area contributed by atoms with Gasteiger partial charge in [-0.3, -0.25) is 0 Å². The Morgan fingerprint density at radius 1 is 1.07 bits per heavy atom. The quantitative estimate of drug-likeness (QED) is 0.573. The third-order valence-corrected chi connectivity index (χ3v) is 6.73. The van der Waals surface area contributed by atoms with Crippen molar-refractivity contribution in [3.8, 4) is 0 Å². The predicted octanol–water partition coefficient (Wildman–Crippen LogP) is 5.42. The van der Waals surface area contributed by atoms with E-state index in [0.29, 0.717) is 6.04 Å². The molecule has 1 atom stereocenters. The molecule has 2 heterocycles. The third-order valence-electron chi connectivity index (χ3n) is 5.23. The highest BCUT2D eigenvalue weighted by molar-refractivity contribution is 7.99. The third kappa shape index (κ3) is 4.65. The van der Waals surface area contributed by atoms with E-state index in [0.717, 1.165) is 22.8 Å². The smallest absolute Gasteiger partial charge is 0.106 e. The van der Waals surface area contributed by atoms with Crippen LogP contribution in [0, 0.1) is 0 Å². The first-order chi connectivity index (χ1) is 13.2. The SMILES string of the molecule is CC(CN1CCCCCC1)NC(=S)c1ccc2c(c1)Nc1ccccc1S2. The van der Waals surface area contributed by atoms with E-state index in [1.54, 1.807) is 0 Å². The average Bonchev–Trinajstić information content (AvgIpc) is 2.94. The van der Waals surface area contributed by atoms with Gasteiger partial charge in [-0.05, 0) is 57.1 Å². The van der Waals surface area contributed by atoms with Gasteiger partial charge in [-0.2, -0.15) is 0 Å². The average molecular weight is 398 g/mol. The number of anilines is 2. The normalized spacial score (nSPS) is 17.8. The lowest BCUT2D eigenvalue weighted by Gasteiger charge is -2.26. The molecular formula is C22H27N3S2. The Labute approximate surface area is 171 Å². The van der Waals surface area contributed by atoms with Crippen LogP contribution in [0.25, 0.3) is 0 Å². The van der Waals surface area contributed by atoms with Gasteiger partial charge in [0.05, 0.1) is 11.4 Å². The molecule has 1 fully saturated rings. The highest BCUT2D eigenvalue weighted by Gasteiger charge is 2.17. The van der Waals surface area contributed by atoms with E-state index in [1.165, 1.54) is 54.3 Å². The van der Waals surface area contributed by atoms with Crippen molar-refractivity contribution in [2.45, 2.75) is 48.4 Å². The zero-order valence-corrected chi connectivity index (χ0v) is 17.5. The molecule has 5 heteroatoms. The van der Waals surface area contributed by atoms with Gasteiger partial charge < -0.3 is 15.5 Å². The first-order valence-electron chi connectivity index (χ1n) is 9.90. The number of para-hydroxylation sites is 1. The van der Waals surface area contributed by atoms with Crippen molar-refractivity contribution in [1.29, 1.82) is 0 Å². The zero-order valence-electron chi connectivity index (χ0n) is 15.8. The number of nitrogens with one attached hydrogen (secondary N) is 2. The van der Waals surface area contributed by atoms with Crippen LogP contribution < -0.4 is 10.6 Å². The van der Waals surface area contributed by atoms with E-state index in [-0.39, 0.29) is 0 Å². The summed E-state index contributed by atoms with van der Waals surface area (Å²) in [6, 6.07) is 15.3. The second kappa shape index (κ2) is 8.63. The zero-order chi connectivity index (χ0) is 18.6. The van der Waals surface area contributed by atoms with E-state index in [1.807, 2.05) is 11.8 Å². The van der Waals surface area contributed by atoms with E-state index >= 15 is 0 Å². The Morgan fingerprint density at radius 3 is 2.63 bits per heavy atom. The molecule has 2 N–H and O–H groups in total. The lowest BCUT2D eigenvalue weighted by molar-refractivity contribution is 0.265. The highest BCUT2D eigenvalue weighted by Crippen LogP contribution is 2.44. The number of hydrogen-bond donors (Lipinski definition) is 2. The van der Waals surface area contributed by atoms with Crippen molar-refractivity contribution in [3.05, 3.63) is 48.0 Å². The number of likely N-dealkylation sites (tertiary alicyclic amines) is 1. The Hall–Kier alpha value is -1.56. The standard InChI is InChI=1S/C22H27N3S2/c1-16(15-25-12-6-2-3-7-13-25)23-22(26)17-10-11-21-19(14-17)24-18-8-4-5-9-20(18)27-21/h4-5,8-11,14,16,24H,2-3,6-7,12-13,15H2,1H3,(H,23,26). The maximum Gasteiger partial charge on any atom is 0.106 e. The van der Waals surface area contributed by atoms with Gasteiger partial charge in [0.1, 0.15) is 4.99 Å². The van der Waals surface area contributed by atoms with Crippen molar-refractivity contribution in [1.82, 2.24) is 10.2 Å². The van der Waals surface area contributed by atoms with Crippen LogP contribution in [0.3, 0.4) is 0 Å². The van der Waals surface area contributed by atoms with Crippen molar-refractivity contribution >= 4 is 40.3 Å². The van der Waals surface area contributed by atoms with Crippen LogP contribution in [0.1, 0.15) is 38.2 Å². The monoisotopic (exact) mass is 397 g/mol. The van der Waals surface area contributed by atoms with Gasteiger partial charge in [0.2, 0.25) is 0 Å². The van der Waals surface area contributed by atoms with Gasteiger partial charge in [0, 0.05) is 27.9 Å². The largest absolute Gasteiger partial charge is 0.372 e. The van der Waals surface area contributed by atoms with Crippen LogP contribution >= 0.6 is 24.0 Å². The molecule has 3 nitrogen and oxygen atoms in total. The molecule has 0 radical (unpaired) electrons. The molecule has 1 unspecified atom stereocenters. The van der Waals surface area contributed by atoms with Crippen LogP contribution in [-0.4, -0.2) is 35.6 Å². The Bertz CT molecular complexity index is 813. The summed E-state index contributed by atoms with van der Waals surface area (Å²) in [4.78, 5) is 5.93. The number of hydrogen-bond acceptors (Lipinski definition) is 4. The lowest BCUT2D eigenvalue weighted by atomic mass is 10.1. The minimum Gasteiger partial charge on any atom is -0.372 e. The Morgan fingerprint density at radius 2 is 1.81 bits per heavy atom. The minimum absolute atomic E-state index is 0.356. The maximum atomic E-state index is 5.71. The molecule has 2 aliphatic rings. The highest BCUT2D eigenvalue weighted by atomic mass is 32.2. The number of fused-ring (bicyclic) bond motifs is 2. The molecule has 0 aromatic heterocycles. The van der Waals surface area contributed by atoms with Gasteiger partial charge in [-0.15, -0.1) is 0 Å². The van der Waals surface area contributed by atoms with E-state index in [4.69, 9.17) is 12.2 Å². The van der Waals surface area contributed by atoms with E-state index < -0.39 is 0 Å². The lowest BCUT2D eigenvalue weighted by Crippen LogP contribution is -2.42. The molecule has 1 saturated heterocycles. The van der Waals surface area contributed by atoms with Crippen LogP contribution in [-0.2, 0) is 0 Å². The van der Waals surface area contributed by atoms with Crippen molar-refractivity contribution in [2.75, 3.05) is 25.0 Å². The molecule has 0 bridgehead atoms. The van der Waals surface area contributed by atoms with Crippen molar-refractivity contribution in [2.24, 2.45) is 0 Å². The van der Waals surface area contributed by atoms with Gasteiger partial charge in [0.15, 0.2) is 0 Å². The summed E-state index contributed by atoms with van der Waals surface area (Å²) in [7, 11) is 0. The number of benzene rings is 2. The minimum atomic E-state index is 0.356. The summed E-state index contributed by atoms with van der Waals surface area (Å²) in [5, 5.41) is 7.09. The van der Waals surface area contributed by atoms with Gasteiger partial charge >= 0.3 is 0 Å². The van der Waals surface area contributed by atoms with E-state index in [9.17, 15) is 0 Å².